The van der Waals surface area contributed by atoms with Gasteiger partial charge in [-0.05, 0) is 25.1 Å². The fourth-order valence-corrected chi connectivity index (χ4v) is 3.46. The third-order valence-electron chi connectivity index (χ3n) is 3.71. The molecule has 0 radical (unpaired) electrons. The van der Waals surface area contributed by atoms with Gasteiger partial charge in [0, 0.05) is 38.0 Å². The number of nitrogens with zero attached hydrogens (tertiary/aromatic N) is 2. The predicted octanol–water partition coefficient (Wildman–Crippen LogP) is 3.48. The summed E-state index contributed by atoms with van der Waals surface area (Å²) in [4.78, 5) is 31.4. The highest BCUT2D eigenvalue weighted by Gasteiger charge is 2.22. The summed E-state index contributed by atoms with van der Waals surface area (Å²) in [7, 11) is 3.16. The summed E-state index contributed by atoms with van der Waals surface area (Å²) < 4.78 is 10.1. The number of carbonyl (C=O) groups is 2. The third kappa shape index (κ3) is 6.45. The molecule has 0 fully saturated rings. The maximum Gasteiger partial charge on any atom is 0.325 e. The molecule has 0 spiro atoms. The Labute approximate surface area is 172 Å². The molecule has 2 N–H and O–H groups in total. The van der Waals surface area contributed by atoms with Crippen molar-refractivity contribution in [1.82, 2.24) is 9.88 Å². The molecule has 8 nitrogen and oxygen atoms in total. The van der Waals surface area contributed by atoms with Crippen LogP contribution in [-0.2, 0) is 9.47 Å². The topological polar surface area (TPSA) is 92.8 Å². The number of hydrogen-bond donors (Lipinski definition) is 2. The summed E-state index contributed by atoms with van der Waals surface area (Å²) in [6, 6.07) is 6.33. The van der Waals surface area contributed by atoms with Crippen molar-refractivity contribution < 1.29 is 19.1 Å². The largest absolute Gasteiger partial charge is 0.383 e. The minimum atomic E-state index is -0.467. The second kappa shape index (κ2) is 11.0. The number of urea groups is 1. The summed E-state index contributed by atoms with van der Waals surface area (Å²) in [5, 5.41) is 6.17. The van der Waals surface area contributed by atoms with E-state index >= 15 is 0 Å². The number of thiazole rings is 1. The molecule has 2 aromatic rings. The first-order valence-corrected chi connectivity index (χ1v) is 9.72. The van der Waals surface area contributed by atoms with Crippen LogP contribution in [0, 0.1) is 6.92 Å². The molecule has 0 aliphatic heterocycles. The van der Waals surface area contributed by atoms with Crippen LogP contribution < -0.4 is 10.6 Å². The number of carbonyl (C=O) groups excluding carboxylic acids is 2. The van der Waals surface area contributed by atoms with E-state index < -0.39 is 6.03 Å². The van der Waals surface area contributed by atoms with Crippen LogP contribution in [0.25, 0.3) is 0 Å². The SMILES string of the molecule is COCCN(CCOC)C(=O)c1sc(NC(=O)Nc2cccc(Cl)c2)nc1C. The van der Waals surface area contributed by atoms with Crippen molar-refractivity contribution in [3.05, 3.63) is 39.9 Å². The molecule has 1 aromatic carbocycles. The summed E-state index contributed by atoms with van der Waals surface area (Å²) in [5.74, 6) is -0.174. The van der Waals surface area contributed by atoms with Gasteiger partial charge in [-0.2, -0.15) is 0 Å². The molecular weight excluding hydrogens is 404 g/mol. The predicted molar refractivity (Wildman–Crippen MR) is 111 cm³/mol. The lowest BCUT2D eigenvalue weighted by atomic mass is 10.3. The van der Waals surface area contributed by atoms with Gasteiger partial charge in [0.2, 0.25) is 0 Å². The summed E-state index contributed by atoms with van der Waals surface area (Å²) >= 11 is 7.03. The van der Waals surface area contributed by atoms with Gasteiger partial charge < -0.3 is 19.7 Å². The molecule has 1 aromatic heterocycles. The highest BCUT2D eigenvalue weighted by molar-refractivity contribution is 7.17. The average Bonchev–Trinajstić information content (AvgIpc) is 3.01. The van der Waals surface area contributed by atoms with Gasteiger partial charge in [-0.3, -0.25) is 10.1 Å². The minimum absolute atomic E-state index is 0.174. The lowest BCUT2D eigenvalue weighted by Crippen LogP contribution is -2.36. The number of amides is 3. The zero-order valence-electron chi connectivity index (χ0n) is 16.0. The number of anilines is 2. The Morgan fingerprint density at radius 2 is 1.86 bits per heavy atom. The van der Waals surface area contributed by atoms with Crippen LogP contribution in [0.2, 0.25) is 5.02 Å². The van der Waals surface area contributed by atoms with Crippen LogP contribution >= 0.6 is 22.9 Å². The molecule has 0 unspecified atom stereocenters. The molecule has 28 heavy (non-hydrogen) atoms. The molecule has 10 heteroatoms. The number of benzene rings is 1. The van der Waals surface area contributed by atoms with E-state index in [1.54, 1.807) is 50.3 Å². The summed E-state index contributed by atoms with van der Waals surface area (Å²) in [5.41, 5.74) is 1.10. The van der Waals surface area contributed by atoms with Crippen LogP contribution in [0.15, 0.2) is 24.3 Å². The van der Waals surface area contributed by atoms with Crippen LogP contribution in [0.3, 0.4) is 0 Å². The van der Waals surface area contributed by atoms with Gasteiger partial charge in [0.05, 0.1) is 18.9 Å². The molecule has 0 aliphatic carbocycles. The minimum Gasteiger partial charge on any atom is -0.383 e. The number of methoxy groups -OCH3 is 2. The number of nitrogens with one attached hydrogen (secondary N) is 2. The average molecular weight is 427 g/mol. The van der Waals surface area contributed by atoms with Crippen LogP contribution in [0.5, 0.6) is 0 Å². The molecule has 0 bridgehead atoms. The highest BCUT2D eigenvalue weighted by atomic mass is 35.5. The third-order valence-corrected chi connectivity index (χ3v) is 5.01. The Kier molecular flexibility index (Phi) is 8.65. The summed E-state index contributed by atoms with van der Waals surface area (Å²) in [6.45, 7) is 3.44. The highest BCUT2D eigenvalue weighted by Crippen LogP contribution is 2.24. The molecule has 152 valence electrons. The Balaban J connectivity index is 2.05. The van der Waals surface area contributed by atoms with E-state index in [9.17, 15) is 9.59 Å². The molecular formula is C18H23ClN4O4S. The van der Waals surface area contributed by atoms with Gasteiger partial charge in [-0.25, -0.2) is 9.78 Å². The number of ether oxygens (including phenoxy) is 2. The zero-order valence-corrected chi connectivity index (χ0v) is 17.5. The Hall–Kier alpha value is -2.20. The lowest BCUT2D eigenvalue weighted by Gasteiger charge is -2.21. The smallest absolute Gasteiger partial charge is 0.325 e. The number of hydrogen-bond acceptors (Lipinski definition) is 6. The quantitative estimate of drug-likeness (QED) is 0.640. The fraction of sp³-hybridized carbons (Fsp3) is 0.389. The molecule has 3 amide bonds. The monoisotopic (exact) mass is 426 g/mol. The number of aryl methyl sites for hydroxylation is 1. The maximum absolute atomic E-state index is 12.8. The Bertz CT molecular complexity index is 807. The van der Waals surface area contributed by atoms with Gasteiger partial charge >= 0.3 is 6.03 Å². The van der Waals surface area contributed by atoms with E-state index in [1.807, 2.05) is 0 Å². The van der Waals surface area contributed by atoms with Gasteiger partial charge in [-0.15, -0.1) is 0 Å². The Morgan fingerprint density at radius 3 is 2.46 bits per heavy atom. The second-order valence-corrected chi connectivity index (χ2v) is 7.24. The summed E-state index contributed by atoms with van der Waals surface area (Å²) in [6.07, 6.45) is 0. The van der Waals surface area contributed by atoms with Gasteiger partial charge in [0.25, 0.3) is 5.91 Å². The van der Waals surface area contributed by atoms with E-state index in [0.29, 0.717) is 52.7 Å². The fourth-order valence-electron chi connectivity index (χ4n) is 2.34. The molecule has 0 aliphatic rings. The zero-order chi connectivity index (χ0) is 20.5. The molecule has 2 rings (SSSR count). The van der Waals surface area contributed by atoms with Crippen molar-refractivity contribution in [2.45, 2.75) is 6.92 Å². The molecule has 0 saturated carbocycles. The van der Waals surface area contributed by atoms with E-state index in [2.05, 4.69) is 15.6 Å². The van der Waals surface area contributed by atoms with Crippen molar-refractivity contribution in [2.75, 3.05) is 51.2 Å². The first kappa shape index (κ1) is 22.1. The van der Waals surface area contributed by atoms with E-state index in [-0.39, 0.29) is 5.91 Å². The van der Waals surface area contributed by atoms with Gasteiger partial charge in [0.1, 0.15) is 4.88 Å². The lowest BCUT2D eigenvalue weighted by molar-refractivity contribution is 0.0631. The number of aromatic nitrogens is 1. The van der Waals surface area contributed by atoms with Crippen molar-refractivity contribution in [1.29, 1.82) is 0 Å². The maximum atomic E-state index is 12.8. The second-order valence-electron chi connectivity index (χ2n) is 5.80. The van der Waals surface area contributed by atoms with Crippen LogP contribution in [0.1, 0.15) is 15.4 Å². The van der Waals surface area contributed by atoms with Crippen LogP contribution in [-0.4, -0.2) is 62.3 Å². The van der Waals surface area contributed by atoms with E-state index in [4.69, 9.17) is 21.1 Å². The van der Waals surface area contributed by atoms with E-state index in [0.717, 1.165) is 11.3 Å². The molecule has 0 atom stereocenters. The first-order valence-electron chi connectivity index (χ1n) is 8.52. The van der Waals surface area contributed by atoms with E-state index in [1.165, 1.54) is 0 Å². The standard InChI is InChI=1S/C18H23ClN4O4S/c1-12-15(16(24)23(7-9-26-2)8-10-27-3)28-18(20-12)22-17(25)21-14-6-4-5-13(19)11-14/h4-6,11H,7-10H2,1-3H3,(H2,20,21,22,25). The number of halogens is 1. The molecule has 1 heterocycles. The van der Waals surface area contributed by atoms with Crippen molar-refractivity contribution >= 4 is 45.7 Å². The number of rotatable bonds is 9. The van der Waals surface area contributed by atoms with Crippen LogP contribution in [0.4, 0.5) is 15.6 Å². The van der Waals surface area contributed by atoms with Gasteiger partial charge in [0.15, 0.2) is 5.13 Å². The Morgan fingerprint density at radius 1 is 1.18 bits per heavy atom. The van der Waals surface area contributed by atoms with Gasteiger partial charge in [-0.1, -0.05) is 29.0 Å². The normalized spacial score (nSPS) is 10.6. The first-order chi connectivity index (χ1) is 13.4. The van der Waals surface area contributed by atoms with Crippen molar-refractivity contribution in [3.8, 4) is 0 Å². The van der Waals surface area contributed by atoms with Crippen molar-refractivity contribution in [3.63, 3.8) is 0 Å². The van der Waals surface area contributed by atoms with Crippen molar-refractivity contribution in [2.24, 2.45) is 0 Å². The molecule has 0 saturated heterocycles.